The monoisotopic (exact) mass is 342 g/mol. The van der Waals surface area contributed by atoms with Gasteiger partial charge in [-0.25, -0.2) is 4.98 Å². The van der Waals surface area contributed by atoms with Crippen molar-refractivity contribution in [2.75, 3.05) is 11.1 Å². The summed E-state index contributed by atoms with van der Waals surface area (Å²) >= 11 is 1.37. The normalized spacial score (nSPS) is 10.8. The van der Waals surface area contributed by atoms with E-state index in [1.165, 1.54) is 22.9 Å². The van der Waals surface area contributed by atoms with Crippen LogP contribution in [0.1, 0.15) is 16.9 Å². The van der Waals surface area contributed by atoms with Gasteiger partial charge in [0.15, 0.2) is 11.0 Å². The fourth-order valence-corrected chi connectivity index (χ4v) is 2.98. The van der Waals surface area contributed by atoms with Gasteiger partial charge in [0.2, 0.25) is 5.91 Å². The third kappa shape index (κ3) is 3.68. The van der Waals surface area contributed by atoms with Gasteiger partial charge in [-0.3, -0.25) is 9.36 Å². The zero-order valence-electron chi connectivity index (χ0n) is 13.7. The van der Waals surface area contributed by atoms with E-state index < -0.39 is 0 Å². The molecule has 0 saturated heterocycles. The number of thioether (sulfide) groups is 1. The molecule has 0 saturated carbocycles. The number of rotatable bonds is 5. The van der Waals surface area contributed by atoms with Crippen LogP contribution in [-0.2, 0) is 4.79 Å². The summed E-state index contributed by atoms with van der Waals surface area (Å²) in [7, 11) is 0. The predicted molar refractivity (Wildman–Crippen MR) is 93.6 cm³/mol. The first-order valence-corrected chi connectivity index (χ1v) is 8.48. The predicted octanol–water partition coefficient (Wildman–Crippen LogP) is 3.52. The van der Waals surface area contributed by atoms with Crippen LogP contribution in [0.15, 0.2) is 46.3 Å². The fourth-order valence-electron chi connectivity index (χ4n) is 2.20. The maximum absolute atomic E-state index is 12.0. The van der Waals surface area contributed by atoms with Gasteiger partial charge in [0.05, 0.1) is 5.75 Å². The van der Waals surface area contributed by atoms with Crippen LogP contribution in [0.4, 0.5) is 5.82 Å². The quantitative estimate of drug-likeness (QED) is 0.718. The number of carbonyl (C=O) groups excluding carboxylic acids is 1. The standard InChI is InChI=1S/C17H18N4O2S/c1-11-4-5-14(8-12(11)2)21-7-6-18-17(21)24-10-16(22)19-15-9-13(3)23-20-15/h4-9H,10H2,1-3H3,(H,19,20,22). The van der Waals surface area contributed by atoms with E-state index in [9.17, 15) is 4.79 Å². The largest absolute Gasteiger partial charge is 0.360 e. The van der Waals surface area contributed by atoms with Crippen molar-refractivity contribution in [3.63, 3.8) is 0 Å². The van der Waals surface area contributed by atoms with Crippen molar-refractivity contribution in [3.05, 3.63) is 53.5 Å². The van der Waals surface area contributed by atoms with Gasteiger partial charge in [0.25, 0.3) is 0 Å². The number of aromatic nitrogens is 3. The van der Waals surface area contributed by atoms with E-state index in [1.54, 1.807) is 19.2 Å². The first-order chi connectivity index (χ1) is 11.5. The summed E-state index contributed by atoms with van der Waals surface area (Å²) in [6.07, 6.45) is 3.63. The van der Waals surface area contributed by atoms with Crippen molar-refractivity contribution >= 4 is 23.5 Å². The second-order valence-corrected chi connectivity index (χ2v) is 6.45. The smallest absolute Gasteiger partial charge is 0.236 e. The van der Waals surface area contributed by atoms with E-state index in [4.69, 9.17) is 4.52 Å². The Labute approximate surface area is 144 Å². The highest BCUT2D eigenvalue weighted by Crippen LogP contribution is 2.22. The minimum atomic E-state index is -0.150. The molecule has 1 N–H and O–H groups in total. The van der Waals surface area contributed by atoms with Gasteiger partial charge in [0.1, 0.15) is 5.76 Å². The minimum absolute atomic E-state index is 0.150. The average molecular weight is 342 g/mol. The molecule has 2 aromatic heterocycles. The molecule has 0 radical (unpaired) electrons. The summed E-state index contributed by atoms with van der Waals surface area (Å²) in [5.41, 5.74) is 3.50. The van der Waals surface area contributed by atoms with Crippen molar-refractivity contribution in [2.24, 2.45) is 0 Å². The van der Waals surface area contributed by atoms with Crippen LogP contribution in [0.2, 0.25) is 0 Å². The Morgan fingerprint density at radius 1 is 1.25 bits per heavy atom. The molecular weight excluding hydrogens is 324 g/mol. The molecule has 0 aliphatic heterocycles. The van der Waals surface area contributed by atoms with Crippen LogP contribution in [-0.4, -0.2) is 26.4 Å². The lowest BCUT2D eigenvalue weighted by atomic mass is 10.1. The number of hydrogen-bond donors (Lipinski definition) is 1. The molecule has 0 aliphatic rings. The second kappa shape index (κ2) is 6.92. The molecule has 0 unspecified atom stereocenters. The molecule has 1 amide bonds. The molecule has 7 heteroatoms. The van der Waals surface area contributed by atoms with Crippen LogP contribution in [0.25, 0.3) is 5.69 Å². The highest BCUT2D eigenvalue weighted by atomic mass is 32.2. The van der Waals surface area contributed by atoms with E-state index in [0.29, 0.717) is 11.6 Å². The third-order valence-electron chi connectivity index (χ3n) is 3.60. The fraction of sp³-hybridized carbons (Fsp3) is 0.235. The van der Waals surface area contributed by atoms with E-state index in [2.05, 4.69) is 41.4 Å². The summed E-state index contributed by atoms with van der Waals surface area (Å²) in [4.78, 5) is 16.4. The highest BCUT2D eigenvalue weighted by molar-refractivity contribution is 7.99. The lowest BCUT2D eigenvalue weighted by Gasteiger charge is -2.09. The number of benzene rings is 1. The second-order valence-electron chi connectivity index (χ2n) is 5.51. The Hall–Kier alpha value is -2.54. The topological polar surface area (TPSA) is 73.0 Å². The Bertz CT molecular complexity index is 869. The zero-order chi connectivity index (χ0) is 17.1. The third-order valence-corrected chi connectivity index (χ3v) is 4.57. The number of anilines is 1. The number of hydrogen-bond acceptors (Lipinski definition) is 5. The molecule has 6 nitrogen and oxygen atoms in total. The van der Waals surface area contributed by atoms with Crippen molar-refractivity contribution in [1.29, 1.82) is 0 Å². The SMILES string of the molecule is Cc1cc(NC(=O)CSc2nccn2-c2ccc(C)c(C)c2)no1. The summed E-state index contributed by atoms with van der Waals surface area (Å²) in [5.74, 6) is 1.18. The van der Waals surface area contributed by atoms with Gasteiger partial charge in [-0.15, -0.1) is 0 Å². The van der Waals surface area contributed by atoms with Gasteiger partial charge >= 0.3 is 0 Å². The van der Waals surface area contributed by atoms with Gasteiger partial charge in [0, 0.05) is 24.1 Å². The van der Waals surface area contributed by atoms with Crippen molar-refractivity contribution in [2.45, 2.75) is 25.9 Å². The Kier molecular flexibility index (Phi) is 4.71. The van der Waals surface area contributed by atoms with E-state index in [0.717, 1.165) is 10.8 Å². The summed E-state index contributed by atoms with van der Waals surface area (Å²) in [6, 6.07) is 7.92. The Morgan fingerprint density at radius 2 is 2.08 bits per heavy atom. The van der Waals surface area contributed by atoms with Crippen LogP contribution in [0.5, 0.6) is 0 Å². The first-order valence-electron chi connectivity index (χ1n) is 7.50. The number of carbonyl (C=O) groups is 1. The molecule has 24 heavy (non-hydrogen) atoms. The molecule has 2 heterocycles. The highest BCUT2D eigenvalue weighted by Gasteiger charge is 2.11. The minimum Gasteiger partial charge on any atom is -0.360 e. The molecule has 3 aromatic rings. The molecule has 0 bridgehead atoms. The lowest BCUT2D eigenvalue weighted by Crippen LogP contribution is -2.14. The first kappa shape index (κ1) is 16.3. The number of nitrogens with zero attached hydrogens (tertiary/aromatic N) is 3. The summed E-state index contributed by atoms with van der Waals surface area (Å²) < 4.78 is 6.90. The number of imidazole rings is 1. The zero-order valence-corrected chi connectivity index (χ0v) is 14.6. The molecule has 0 fully saturated rings. The van der Waals surface area contributed by atoms with E-state index in [1.807, 2.05) is 16.8 Å². The van der Waals surface area contributed by atoms with E-state index >= 15 is 0 Å². The van der Waals surface area contributed by atoms with Crippen molar-refractivity contribution in [3.8, 4) is 5.69 Å². The Balaban J connectivity index is 1.67. The van der Waals surface area contributed by atoms with Crippen molar-refractivity contribution in [1.82, 2.24) is 14.7 Å². The molecule has 124 valence electrons. The molecule has 0 aliphatic carbocycles. The van der Waals surface area contributed by atoms with Gasteiger partial charge in [-0.2, -0.15) is 0 Å². The van der Waals surface area contributed by atoms with Gasteiger partial charge < -0.3 is 9.84 Å². The van der Waals surface area contributed by atoms with Crippen molar-refractivity contribution < 1.29 is 9.32 Å². The van der Waals surface area contributed by atoms with Crippen LogP contribution in [0.3, 0.4) is 0 Å². The average Bonchev–Trinajstić information content (AvgIpc) is 3.17. The molecule has 0 atom stereocenters. The number of amides is 1. The van der Waals surface area contributed by atoms with E-state index in [-0.39, 0.29) is 11.7 Å². The molecule has 1 aromatic carbocycles. The molecular formula is C17H18N4O2S. The summed E-state index contributed by atoms with van der Waals surface area (Å²) in [6.45, 7) is 5.94. The lowest BCUT2D eigenvalue weighted by molar-refractivity contribution is -0.113. The number of aryl methyl sites for hydroxylation is 3. The molecule has 0 spiro atoms. The maximum atomic E-state index is 12.0. The maximum Gasteiger partial charge on any atom is 0.236 e. The molecule has 3 rings (SSSR count). The van der Waals surface area contributed by atoms with Gasteiger partial charge in [-0.1, -0.05) is 23.0 Å². The van der Waals surface area contributed by atoms with Crippen LogP contribution < -0.4 is 5.32 Å². The summed E-state index contributed by atoms with van der Waals surface area (Å²) in [5, 5.41) is 7.21. The number of nitrogens with one attached hydrogen (secondary N) is 1. The Morgan fingerprint density at radius 3 is 2.79 bits per heavy atom. The van der Waals surface area contributed by atoms with Crippen LogP contribution in [0, 0.1) is 20.8 Å². The van der Waals surface area contributed by atoms with Gasteiger partial charge in [-0.05, 0) is 44.0 Å². The van der Waals surface area contributed by atoms with Crippen LogP contribution >= 0.6 is 11.8 Å².